The minimum absolute atomic E-state index is 0.0250. The van der Waals surface area contributed by atoms with Crippen LogP contribution >= 0.6 is 0 Å². The summed E-state index contributed by atoms with van der Waals surface area (Å²) in [6.45, 7) is -2.93. The van der Waals surface area contributed by atoms with Crippen LogP contribution in [-0.2, 0) is 9.53 Å². The van der Waals surface area contributed by atoms with Crippen molar-refractivity contribution in [2.45, 2.75) is 6.61 Å². The summed E-state index contributed by atoms with van der Waals surface area (Å²) in [5.41, 5.74) is 1.16. The van der Waals surface area contributed by atoms with Crippen LogP contribution in [0.5, 0.6) is 5.75 Å². The van der Waals surface area contributed by atoms with Gasteiger partial charge in [-0.25, -0.2) is 14.6 Å². The van der Waals surface area contributed by atoms with Gasteiger partial charge < -0.3 is 14.6 Å². The minimum Gasteiger partial charge on any atom is -0.478 e. The number of carbonyl (C=O) groups is 2. The van der Waals surface area contributed by atoms with Crippen LogP contribution in [0.25, 0.3) is 6.08 Å². The molecule has 2 aromatic carbocycles. The largest absolute Gasteiger partial charge is 0.478 e. The smallest absolute Gasteiger partial charge is 0.387 e. The van der Waals surface area contributed by atoms with E-state index >= 15 is 0 Å². The highest BCUT2D eigenvalue weighted by Crippen LogP contribution is 2.21. The summed E-state index contributed by atoms with van der Waals surface area (Å²) in [6, 6.07) is 11.4. The molecule has 1 aliphatic rings. The van der Waals surface area contributed by atoms with Crippen molar-refractivity contribution < 1.29 is 33.0 Å². The molecule has 0 aliphatic carbocycles. The molecule has 2 aromatic rings. The van der Waals surface area contributed by atoms with Crippen LogP contribution in [0, 0.1) is 0 Å². The molecule has 1 heterocycles. The maximum absolute atomic E-state index is 12.1. The van der Waals surface area contributed by atoms with Crippen molar-refractivity contribution in [2.75, 3.05) is 0 Å². The number of nitrogens with zero attached hydrogens (tertiary/aromatic N) is 1. The Hall–Kier alpha value is -3.55. The molecule has 0 atom stereocenters. The molecule has 1 N–H and O–H groups in total. The molecule has 3 rings (SSSR count). The van der Waals surface area contributed by atoms with E-state index in [2.05, 4.69) is 9.73 Å². The summed E-state index contributed by atoms with van der Waals surface area (Å²) in [5, 5.41) is 8.87. The first-order valence-corrected chi connectivity index (χ1v) is 7.33. The fourth-order valence-electron chi connectivity index (χ4n) is 2.19. The molecule has 0 bridgehead atoms. The molecule has 0 spiro atoms. The first-order valence-electron chi connectivity index (χ1n) is 7.33. The Morgan fingerprint density at radius 2 is 1.77 bits per heavy atom. The van der Waals surface area contributed by atoms with Gasteiger partial charge in [0.15, 0.2) is 5.70 Å². The Morgan fingerprint density at radius 1 is 1.12 bits per heavy atom. The predicted molar refractivity (Wildman–Crippen MR) is 87.1 cm³/mol. The van der Waals surface area contributed by atoms with E-state index in [1.807, 2.05) is 0 Å². The number of carbonyl (C=O) groups excluding carboxylic acids is 1. The lowest BCUT2D eigenvalue weighted by Gasteiger charge is -2.04. The monoisotopic (exact) mass is 359 g/mol. The molecule has 0 amide bonds. The number of carboxylic acid groups (broad SMARTS) is 1. The third kappa shape index (κ3) is 3.92. The van der Waals surface area contributed by atoms with Crippen LogP contribution in [0.2, 0.25) is 0 Å². The number of aliphatic imine (C=N–C) groups is 1. The molecule has 8 heteroatoms. The van der Waals surface area contributed by atoms with Crippen LogP contribution < -0.4 is 4.74 Å². The zero-order valence-electron chi connectivity index (χ0n) is 13.1. The van der Waals surface area contributed by atoms with Gasteiger partial charge in [0.25, 0.3) is 0 Å². The van der Waals surface area contributed by atoms with Crippen molar-refractivity contribution >= 4 is 23.9 Å². The van der Waals surface area contributed by atoms with Crippen molar-refractivity contribution in [3.63, 3.8) is 0 Å². The number of rotatable bonds is 5. The van der Waals surface area contributed by atoms with Gasteiger partial charge in [-0.3, -0.25) is 0 Å². The zero-order chi connectivity index (χ0) is 18.7. The summed E-state index contributed by atoms with van der Waals surface area (Å²) in [5.74, 6) is -1.71. The molecule has 0 aromatic heterocycles. The second-order valence-corrected chi connectivity index (χ2v) is 5.17. The van der Waals surface area contributed by atoms with Crippen LogP contribution in [0.3, 0.4) is 0 Å². The zero-order valence-corrected chi connectivity index (χ0v) is 13.1. The van der Waals surface area contributed by atoms with Gasteiger partial charge in [0.2, 0.25) is 5.90 Å². The Kier molecular flexibility index (Phi) is 4.74. The topological polar surface area (TPSA) is 85.2 Å². The van der Waals surface area contributed by atoms with Gasteiger partial charge >= 0.3 is 18.6 Å². The standard InChI is InChI=1S/C18H11F2NO5/c19-18(20)25-13-7-5-11(6-8-13)15-21-14(17(24)26-15)9-10-1-3-12(4-2-10)16(22)23/h1-9,18H,(H,22,23)/b14-9+. The van der Waals surface area contributed by atoms with Crippen LogP contribution in [0.4, 0.5) is 8.78 Å². The second-order valence-electron chi connectivity index (χ2n) is 5.17. The summed E-state index contributed by atoms with van der Waals surface area (Å²) < 4.78 is 33.6. The number of carboxylic acids is 1. The Balaban J connectivity index is 1.81. The van der Waals surface area contributed by atoms with Gasteiger partial charge in [-0.2, -0.15) is 8.78 Å². The van der Waals surface area contributed by atoms with Gasteiger partial charge in [-0.05, 0) is 48.0 Å². The molecule has 26 heavy (non-hydrogen) atoms. The Morgan fingerprint density at radius 3 is 2.35 bits per heavy atom. The SMILES string of the molecule is O=C1OC(c2ccc(OC(F)F)cc2)=N/C1=C/c1ccc(C(=O)O)cc1. The van der Waals surface area contributed by atoms with Crippen molar-refractivity contribution in [3.05, 3.63) is 70.9 Å². The number of hydrogen-bond donors (Lipinski definition) is 1. The number of hydrogen-bond acceptors (Lipinski definition) is 5. The Bertz CT molecular complexity index is 902. The summed E-state index contributed by atoms with van der Waals surface area (Å²) in [4.78, 5) is 26.8. The highest BCUT2D eigenvalue weighted by molar-refractivity contribution is 6.12. The predicted octanol–water partition coefficient (Wildman–Crippen LogP) is 3.33. The van der Waals surface area contributed by atoms with E-state index in [4.69, 9.17) is 9.84 Å². The normalized spacial score (nSPS) is 15.1. The van der Waals surface area contributed by atoms with Crippen molar-refractivity contribution in [3.8, 4) is 5.75 Å². The first kappa shape index (κ1) is 17.3. The maximum atomic E-state index is 12.1. The molecule has 6 nitrogen and oxygen atoms in total. The van der Waals surface area contributed by atoms with Crippen molar-refractivity contribution in [2.24, 2.45) is 4.99 Å². The number of halogens is 2. The Labute approximate surface area is 146 Å². The molecule has 0 fully saturated rings. The van der Waals surface area contributed by atoms with Crippen molar-refractivity contribution in [1.82, 2.24) is 0 Å². The third-order valence-corrected chi connectivity index (χ3v) is 3.41. The van der Waals surface area contributed by atoms with Gasteiger partial charge in [-0.1, -0.05) is 12.1 Å². The van der Waals surface area contributed by atoms with Crippen LogP contribution in [0.1, 0.15) is 21.5 Å². The van der Waals surface area contributed by atoms with Gasteiger partial charge in [0.05, 0.1) is 5.56 Å². The highest BCUT2D eigenvalue weighted by Gasteiger charge is 2.24. The number of ether oxygens (including phenoxy) is 2. The van der Waals surface area contributed by atoms with Crippen molar-refractivity contribution in [1.29, 1.82) is 0 Å². The van der Waals surface area contributed by atoms with Gasteiger partial charge in [0.1, 0.15) is 5.75 Å². The molecule has 1 aliphatic heterocycles. The maximum Gasteiger partial charge on any atom is 0.387 e. The molecule has 0 radical (unpaired) electrons. The molecule has 132 valence electrons. The number of benzene rings is 2. The summed E-state index contributed by atoms with van der Waals surface area (Å²) >= 11 is 0. The van der Waals surface area contributed by atoms with Crippen LogP contribution in [0.15, 0.2) is 59.2 Å². The average molecular weight is 359 g/mol. The lowest BCUT2D eigenvalue weighted by molar-refractivity contribution is -0.129. The van der Waals surface area contributed by atoms with E-state index in [-0.39, 0.29) is 22.9 Å². The summed E-state index contributed by atoms with van der Waals surface area (Å²) in [6.07, 6.45) is 1.45. The minimum atomic E-state index is -2.93. The van der Waals surface area contributed by atoms with E-state index in [0.717, 1.165) is 0 Å². The van der Waals surface area contributed by atoms with Gasteiger partial charge in [0, 0.05) is 5.56 Å². The number of aromatic carboxylic acids is 1. The highest BCUT2D eigenvalue weighted by atomic mass is 19.3. The lowest BCUT2D eigenvalue weighted by Crippen LogP contribution is -2.06. The fraction of sp³-hybridized carbons (Fsp3) is 0.0556. The van der Waals surface area contributed by atoms with E-state index in [0.29, 0.717) is 11.1 Å². The second kappa shape index (κ2) is 7.14. The third-order valence-electron chi connectivity index (χ3n) is 3.41. The fourth-order valence-corrected chi connectivity index (χ4v) is 2.19. The van der Waals surface area contributed by atoms with E-state index in [1.165, 1.54) is 54.6 Å². The van der Waals surface area contributed by atoms with Crippen LogP contribution in [-0.4, -0.2) is 29.6 Å². The first-order chi connectivity index (χ1) is 12.4. The molecular formula is C18H11F2NO5. The molecule has 0 unspecified atom stereocenters. The van der Waals surface area contributed by atoms with E-state index < -0.39 is 18.6 Å². The van der Waals surface area contributed by atoms with E-state index in [9.17, 15) is 18.4 Å². The molecular weight excluding hydrogens is 348 g/mol. The number of cyclic esters (lactones) is 1. The van der Waals surface area contributed by atoms with E-state index in [1.54, 1.807) is 0 Å². The lowest BCUT2D eigenvalue weighted by atomic mass is 10.1. The average Bonchev–Trinajstić information content (AvgIpc) is 2.96. The molecule has 0 saturated carbocycles. The van der Waals surface area contributed by atoms with Gasteiger partial charge in [-0.15, -0.1) is 0 Å². The quantitative estimate of drug-likeness (QED) is 0.654. The summed E-state index contributed by atoms with van der Waals surface area (Å²) in [7, 11) is 0. The number of alkyl halides is 2. The number of esters is 1. The molecule has 0 saturated heterocycles.